The van der Waals surface area contributed by atoms with Crippen molar-refractivity contribution in [1.29, 1.82) is 0 Å². The van der Waals surface area contributed by atoms with Gasteiger partial charge in [0, 0.05) is 6.07 Å². The highest BCUT2D eigenvalue weighted by molar-refractivity contribution is 9.10. The molecule has 78 valence electrons. The van der Waals surface area contributed by atoms with Crippen LogP contribution in [0.1, 0.15) is 0 Å². The fourth-order valence-electron chi connectivity index (χ4n) is 0.625. The van der Waals surface area contributed by atoms with Crippen LogP contribution in [0.25, 0.3) is 0 Å². The highest BCUT2D eigenvalue weighted by Crippen LogP contribution is 2.34. The Morgan fingerprint density at radius 1 is 1.36 bits per heavy atom. The molecule has 0 unspecified atom stereocenters. The maximum atomic E-state index is 11.8. The van der Waals surface area contributed by atoms with Gasteiger partial charge >= 0.3 is 6.36 Å². The zero-order valence-electron chi connectivity index (χ0n) is 6.20. The minimum atomic E-state index is -4.79. The van der Waals surface area contributed by atoms with E-state index in [0.29, 0.717) is 0 Å². The SMILES string of the molecule is FC(F)(F)Oc1cc(Cl)c(Cl)nc1Br. The molecule has 1 aromatic heterocycles. The summed E-state index contributed by atoms with van der Waals surface area (Å²) in [5.74, 6) is -0.535. The molecule has 0 bridgehead atoms. The lowest BCUT2D eigenvalue weighted by Crippen LogP contribution is -2.17. The number of ether oxygens (including phenoxy) is 1. The predicted octanol–water partition coefficient (Wildman–Crippen LogP) is 4.05. The van der Waals surface area contributed by atoms with Gasteiger partial charge in [0.15, 0.2) is 5.75 Å². The summed E-state index contributed by atoms with van der Waals surface area (Å²) in [6.45, 7) is 0. The van der Waals surface area contributed by atoms with Crippen molar-refractivity contribution in [3.05, 3.63) is 20.8 Å². The molecule has 0 amide bonds. The second kappa shape index (κ2) is 4.12. The Bertz CT molecular complexity index is 358. The van der Waals surface area contributed by atoms with Crippen LogP contribution >= 0.6 is 39.1 Å². The Labute approximate surface area is 95.1 Å². The van der Waals surface area contributed by atoms with Gasteiger partial charge in [0.05, 0.1) is 5.02 Å². The molecule has 1 aromatic rings. The quantitative estimate of drug-likeness (QED) is 0.730. The number of aromatic nitrogens is 1. The molecule has 0 radical (unpaired) electrons. The van der Waals surface area contributed by atoms with E-state index in [2.05, 4.69) is 25.7 Å². The Kier molecular flexibility index (Phi) is 3.49. The molecular weight excluding hydrogens is 310 g/mol. The second-order valence-electron chi connectivity index (χ2n) is 2.10. The molecule has 0 atom stereocenters. The fraction of sp³-hybridized carbons (Fsp3) is 0.167. The van der Waals surface area contributed by atoms with Crippen LogP contribution in [-0.4, -0.2) is 11.3 Å². The smallest absolute Gasteiger partial charge is 0.403 e. The number of pyridine rings is 1. The normalized spacial score (nSPS) is 11.6. The minimum absolute atomic E-state index is 0.104. The minimum Gasteiger partial charge on any atom is -0.403 e. The van der Waals surface area contributed by atoms with Crippen LogP contribution in [0.2, 0.25) is 10.2 Å². The number of hydrogen-bond donors (Lipinski definition) is 0. The summed E-state index contributed by atoms with van der Waals surface area (Å²) in [4.78, 5) is 3.48. The number of alkyl halides is 3. The standard InChI is InChI=1S/C6HBrCl2F3NO/c7-4-3(14-6(10,11)12)1-2(8)5(9)13-4/h1H. The van der Waals surface area contributed by atoms with E-state index in [9.17, 15) is 13.2 Å². The average molecular weight is 311 g/mol. The zero-order chi connectivity index (χ0) is 10.9. The first kappa shape index (κ1) is 11.9. The van der Waals surface area contributed by atoms with Crippen LogP contribution in [-0.2, 0) is 0 Å². The number of halogens is 6. The summed E-state index contributed by atoms with van der Waals surface area (Å²) in [5.41, 5.74) is 0. The molecule has 0 aliphatic rings. The third-order valence-electron chi connectivity index (χ3n) is 1.08. The number of nitrogens with zero attached hydrogens (tertiary/aromatic N) is 1. The van der Waals surface area contributed by atoms with Crippen LogP contribution in [0, 0.1) is 0 Å². The van der Waals surface area contributed by atoms with Crippen molar-refractivity contribution in [1.82, 2.24) is 4.98 Å². The molecule has 14 heavy (non-hydrogen) atoms. The largest absolute Gasteiger partial charge is 0.573 e. The monoisotopic (exact) mass is 309 g/mol. The summed E-state index contributed by atoms with van der Waals surface area (Å²) in [6.07, 6.45) is -4.79. The van der Waals surface area contributed by atoms with Gasteiger partial charge < -0.3 is 4.74 Å². The van der Waals surface area contributed by atoms with E-state index in [4.69, 9.17) is 23.2 Å². The highest BCUT2D eigenvalue weighted by atomic mass is 79.9. The Morgan fingerprint density at radius 2 is 1.93 bits per heavy atom. The molecule has 0 spiro atoms. The number of hydrogen-bond acceptors (Lipinski definition) is 2. The van der Waals surface area contributed by atoms with Gasteiger partial charge in [0.2, 0.25) is 0 Å². The Balaban J connectivity index is 3.04. The molecule has 2 nitrogen and oxygen atoms in total. The van der Waals surface area contributed by atoms with Gasteiger partial charge in [-0.3, -0.25) is 0 Å². The molecule has 0 aromatic carbocycles. The van der Waals surface area contributed by atoms with Gasteiger partial charge in [-0.05, 0) is 15.9 Å². The molecule has 0 saturated carbocycles. The first-order valence-electron chi connectivity index (χ1n) is 3.07. The summed E-state index contributed by atoms with van der Waals surface area (Å²) < 4.78 is 38.9. The lowest BCUT2D eigenvalue weighted by Gasteiger charge is -2.10. The summed E-state index contributed by atoms with van der Waals surface area (Å²) in [7, 11) is 0. The lowest BCUT2D eigenvalue weighted by atomic mass is 10.5. The molecule has 0 fully saturated rings. The van der Waals surface area contributed by atoms with Gasteiger partial charge in [-0.25, -0.2) is 4.98 Å². The van der Waals surface area contributed by atoms with Crippen molar-refractivity contribution in [2.75, 3.05) is 0 Å². The van der Waals surface area contributed by atoms with Crippen LogP contribution in [0.3, 0.4) is 0 Å². The second-order valence-corrected chi connectivity index (χ2v) is 3.61. The third-order valence-corrected chi connectivity index (χ3v) is 2.32. The summed E-state index contributed by atoms with van der Waals surface area (Å²) in [5, 5.41) is -0.220. The van der Waals surface area contributed by atoms with Gasteiger partial charge in [0.1, 0.15) is 9.76 Å². The number of rotatable bonds is 1. The first-order valence-corrected chi connectivity index (χ1v) is 4.62. The van der Waals surface area contributed by atoms with Gasteiger partial charge in [-0.1, -0.05) is 23.2 Å². The molecule has 0 N–H and O–H groups in total. The molecule has 0 aliphatic heterocycles. The van der Waals surface area contributed by atoms with Crippen LogP contribution in [0.4, 0.5) is 13.2 Å². The van der Waals surface area contributed by atoms with E-state index in [0.717, 1.165) is 6.07 Å². The zero-order valence-corrected chi connectivity index (χ0v) is 9.30. The maximum absolute atomic E-state index is 11.8. The summed E-state index contributed by atoms with van der Waals surface area (Å²) in [6, 6.07) is 0.925. The predicted molar refractivity (Wildman–Crippen MR) is 48.6 cm³/mol. The Morgan fingerprint density at radius 3 is 2.43 bits per heavy atom. The van der Waals surface area contributed by atoms with Crippen molar-refractivity contribution in [2.45, 2.75) is 6.36 Å². The molecule has 1 heterocycles. The van der Waals surface area contributed by atoms with E-state index in [1.54, 1.807) is 0 Å². The maximum Gasteiger partial charge on any atom is 0.573 e. The molecule has 1 rings (SSSR count). The van der Waals surface area contributed by atoms with E-state index in [1.165, 1.54) is 0 Å². The van der Waals surface area contributed by atoms with Crippen LogP contribution < -0.4 is 4.74 Å². The van der Waals surface area contributed by atoms with Gasteiger partial charge in [0.25, 0.3) is 0 Å². The van der Waals surface area contributed by atoms with Crippen molar-refractivity contribution < 1.29 is 17.9 Å². The van der Waals surface area contributed by atoms with Gasteiger partial charge in [-0.2, -0.15) is 0 Å². The third kappa shape index (κ3) is 3.18. The topological polar surface area (TPSA) is 22.1 Å². The first-order chi connectivity index (χ1) is 6.29. The average Bonchev–Trinajstić information content (AvgIpc) is 1.97. The lowest BCUT2D eigenvalue weighted by molar-refractivity contribution is -0.275. The van der Waals surface area contributed by atoms with Crippen molar-refractivity contribution in [3.8, 4) is 5.75 Å². The van der Waals surface area contributed by atoms with Gasteiger partial charge in [-0.15, -0.1) is 13.2 Å². The molecule has 8 heteroatoms. The summed E-state index contributed by atoms with van der Waals surface area (Å²) >= 11 is 13.7. The van der Waals surface area contributed by atoms with Crippen LogP contribution in [0.15, 0.2) is 10.7 Å². The molecule has 0 aliphatic carbocycles. The van der Waals surface area contributed by atoms with E-state index in [-0.39, 0.29) is 14.8 Å². The highest BCUT2D eigenvalue weighted by Gasteiger charge is 2.32. The molecular formula is C6HBrCl2F3NO. The van der Waals surface area contributed by atoms with Crippen LogP contribution in [0.5, 0.6) is 5.75 Å². The molecule has 0 saturated heterocycles. The van der Waals surface area contributed by atoms with Crippen molar-refractivity contribution in [2.24, 2.45) is 0 Å². The van der Waals surface area contributed by atoms with Crippen molar-refractivity contribution >= 4 is 39.1 Å². The Hall–Kier alpha value is -0.200. The van der Waals surface area contributed by atoms with Crippen molar-refractivity contribution in [3.63, 3.8) is 0 Å². The van der Waals surface area contributed by atoms with E-state index < -0.39 is 12.1 Å². The fourth-order valence-corrected chi connectivity index (χ4v) is 1.38. The van der Waals surface area contributed by atoms with E-state index >= 15 is 0 Å². The van der Waals surface area contributed by atoms with E-state index in [1.807, 2.05) is 0 Å².